The summed E-state index contributed by atoms with van der Waals surface area (Å²) < 4.78 is 18.6. The molecular formula is C17H17NO3S. The number of thiol groups is 1. The summed E-state index contributed by atoms with van der Waals surface area (Å²) in [6.07, 6.45) is 4.28. The van der Waals surface area contributed by atoms with Crippen LogP contribution in [0.4, 0.5) is 0 Å². The Kier molecular flexibility index (Phi) is 2.58. The molecule has 0 saturated heterocycles. The van der Waals surface area contributed by atoms with Crippen molar-refractivity contribution in [1.82, 2.24) is 4.98 Å². The number of hydrogen-bond acceptors (Lipinski definition) is 3. The van der Waals surface area contributed by atoms with E-state index in [1.54, 1.807) is 19.4 Å². The predicted octanol–water partition coefficient (Wildman–Crippen LogP) is 3.04. The summed E-state index contributed by atoms with van der Waals surface area (Å²) in [5, 5.41) is 0.957. The lowest BCUT2D eigenvalue weighted by atomic mass is 10.0. The normalized spacial score (nSPS) is 16.5. The smallest absolute Gasteiger partial charge is 0.250 e. The molecule has 0 radical (unpaired) electrons. The number of benzene rings is 1. The highest BCUT2D eigenvalue weighted by atomic mass is 32.3. The summed E-state index contributed by atoms with van der Waals surface area (Å²) in [6.45, 7) is 3.81. The molecule has 1 aliphatic rings. The molecule has 0 fully saturated rings. The number of H-pyrrole nitrogens is 1. The van der Waals surface area contributed by atoms with Crippen LogP contribution in [-0.2, 0) is 16.4 Å². The summed E-state index contributed by atoms with van der Waals surface area (Å²) in [6, 6.07) is 5.80. The first-order valence-electron chi connectivity index (χ1n) is 7.31. The fourth-order valence-corrected chi connectivity index (χ4v) is 5.33. The van der Waals surface area contributed by atoms with Crippen molar-refractivity contribution in [2.45, 2.75) is 30.1 Å². The topological polar surface area (TPSA) is 63.1 Å². The molecule has 2 aromatic heterocycles. The number of aromatic amines is 1. The Hall–Kier alpha value is -2.14. The van der Waals surface area contributed by atoms with Gasteiger partial charge in [-0.25, -0.2) is 0 Å². The van der Waals surface area contributed by atoms with Crippen LogP contribution in [-0.4, -0.2) is 15.4 Å². The summed E-state index contributed by atoms with van der Waals surface area (Å²) in [7, 11) is -2.33. The average molecular weight is 315 g/mol. The van der Waals surface area contributed by atoms with Gasteiger partial charge in [0.2, 0.25) is 0 Å². The lowest BCUT2D eigenvalue weighted by Crippen LogP contribution is -2.07. The SMILES string of the molecule is CCc1cc2c3c(cc(-c4c[nH]c(=O)c(C)c4)c2o1)[SH]3(C)=O. The quantitative estimate of drug-likeness (QED) is 0.564. The molecule has 0 aliphatic carbocycles. The molecule has 4 nitrogen and oxygen atoms in total. The molecule has 5 heteroatoms. The van der Waals surface area contributed by atoms with E-state index in [-0.39, 0.29) is 5.56 Å². The van der Waals surface area contributed by atoms with Crippen molar-refractivity contribution in [3.8, 4) is 11.1 Å². The fraction of sp³-hybridized carbons (Fsp3) is 0.235. The Balaban J connectivity index is 2.07. The Morgan fingerprint density at radius 2 is 2.05 bits per heavy atom. The highest BCUT2D eigenvalue weighted by Crippen LogP contribution is 2.53. The van der Waals surface area contributed by atoms with Crippen molar-refractivity contribution >= 4 is 20.9 Å². The van der Waals surface area contributed by atoms with Crippen LogP contribution in [0, 0.1) is 6.92 Å². The molecule has 0 spiro atoms. The molecule has 0 saturated carbocycles. The average Bonchev–Trinajstić information content (AvgIpc) is 2.86. The molecule has 0 bridgehead atoms. The van der Waals surface area contributed by atoms with Crippen LogP contribution in [0.15, 0.2) is 43.4 Å². The molecule has 22 heavy (non-hydrogen) atoms. The van der Waals surface area contributed by atoms with Crippen molar-refractivity contribution in [3.63, 3.8) is 0 Å². The van der Waals surface area contributed by atoms with Crippen LogP contribution in [0.2, 0.25) is 0 Å². The molecular weight excluding hydrogens is 298 g/mol. The zero-order valence-electron chi connectivity index (χ0n) is 12.7. The predicted molar refractivity (Wildman–Crippen MR) is 88.4 cm³/mol. The van der Waals surface area contributed by atoms with Gasteiger partial charge in [-0.3, -0.25) is 9.00 Å². The lowest BCUT2D eigenvalue weighted by molar-refractivity contribution is 0.557. The molecule has 1 aromatic carbocycles. The van der Waals surface area contributed by atoms with Crippen molar-refractivity contribution in [2.75, 3.05) is 6.26 Å². The minimum atomic E-state index is -2.33. The number of rotatable bonds is 2. The summed E-state index contributed by atoms with van der Waals surface area (Å²) in [5.41, 5.74) is 3.10. The molecule has 0 amide bonds. The van der Waals surface area contributed by atoms with E-state index >= 15 is 0 Å². The third kappa shape index (κ3) is 1.69. The van der Waals surface area contributed by atoms with Crippen molar-refractivity contribution < 1.29 is 8.63 Å². The van der Waals surface area contributed by atoms with E-state index in [9.17, 15) is 9.00 Å². The van der Waals surface area contributed by atoms with E-state index in [1.807, 2.05) is 25.1 Å². The van der Waals surface area contributed by atoms with Crippen molar-refractivity contribution in [3.05, 3.63) is 46.1 Å². The lowest BCUT2D eigenvalue weighted by Gasteiger charge is -2.02. The first-order chi connectivity index (χ1) is 10.4. The van der Waals surface area contributed by atoms with Gasteiger partial charge in [0.15, 0.2) is 0 Å². The van der Waals surface area contributed by atoms with Crippen molar-refractivity contribution in [2.24, 2.45) is 0 Å². The minimum absolute atomic E-state index is 0.0958. The molecule has 0 atom stereocenters. The van der Waals surface area contributed by atoms with E-state index in [1.165, 1.54) is 0 Å². The van der Waals surface area contributed by atoms with Crippen LogP contribution >= 0.6 is 0 Å². The van der Waals surface area contributed by atoms with Gasteiger partial charge in [-0.15, -0.1) is 0 Å². The van der Waals surface area contributed by atoms with Gasteiger partial charge >= 0.3 is 0 Å². The second-order valence-electron chi connectivity index (χ2n) is 5.93. The van der Waals surface area contributed by atoms with Gasteiger partial charge in [0.1, 0.15) is 11.3 Å². The minimum Gasteiger partial charge on any atom is -0.460 e. The molecule has 4 rings (SSSR count). The number of fused-ring (bicyclic) bond motifs is 3. The number of pyridine rings is 1. The van der Waals surface area contributed by atoms with Crippen LogP contribution in [0.5, 0.6) is 0 Å². The maximum Gasteiger partial charge on any atom is 0.250 e. The van der Waals surface area contributed by atoms with E-state index < -0.39 is 9.93 Å². The van der Waals surface area contributed by atoms with Gasteiger partial charge in [0.25, 0.3) is 5.56 Å². The molecule has 1 aliphatic heterocycles. The van der Waals surface area contributed by atoms with Gasteiger partial charge < -0.3 is 9.40 Å². The van der Waals surface area contributed by atoms with Crippen LogP contribution < -0.4 is 5.56 Å². The zero-order valence-corrected chi connectivity index (χ0v) is 13.6. The Labute approximate surface area is 128 Å². The summed E-state index contributed by atoms with van der Waals surface area (Å²) in [5.74, 6) is 0.887. The number of aromatic nitrogens is 1. The number of aryl methyl sites for hydroxylation is 2. The monoisotopic (exact) mass is 315 g/mol. The Bertz CT molecular complexity index is 1040. The molecule has 3 heterocycles. The number of furan rings is 1. The Morgan fingerprint density at radius 1 is 1.27 bits per heavy atom. The summed E-state index contributed by atoms with van der Waals surface area (Å²) >= 11 is 0. The van der Waals surface area contributed by atoms with Gasteiger partial charge in [0, 0.05) is 44.5 Å². The second kappa shape index (κ2) is 4.20. The Morgan fingerprint density at radius 3 is 2.73 bits per heavy atom. The van der Waals surface area contributed by atoms with E-state index in [0.717, 1.165) is 44.1 Å². The third-order valence-electron chi connectivity index (χ3n) is 4.39. The van der Waals surface area contributed by atoms with Crippen LogP contribution in [0.3, 0.4) is 0 Å². The summed E-state index contributed by atoms with van der Waals surface area (Å²) in [4.78, 5) is 16.2. The van der Waals surface area contributed by atoms with Crippen LogP contribution in [0.25, 0.3) is 22.1 Å². The maximum atomic E-state index is 12.6. The van der Waals surface area contributed by atoms with Gasteiger partial charge in [-0.05, 0) is 31.4 Å². The highest BCUT2D eigenvalue weighted by Gasteiger charge is 2.39. The van der Waals surface area contributed by atoms with Crippen molar-refractivity contribution in [1.29, 1.82) is 0 Å². The molecule has 3 aromatic rings. The standard InChI is InChI=1S/C17H17NO3S/c1-4-11-6-13-15(21-11)12(7-14-16(13)22(14,3)20)10-5-9(2)17(19)18-8-10/h5-8,22H,4H2,1-3H3,(H,18,19). The fourth-order valence-electron chi connectivity index (χ4n) is 3.05. The zero-order chi connectivity index (χ0) is 15.6. The maximum absolute atomic E-state index is 12.6. The molecule has 114 valence electrons. The van der Waals surface area contributed by atoms with E-state index in [4.69, 9.17) is 4.42 Å². The van der Waals surface area contributed by atoms with E-state index in [0.29, 0.717) is 5.56 Å². The highest BCUT2D eigenvalue weighted by molar-refractivity contribution is 8.08. The largest absolute Gasteiger partial charge is 0.460 e. The first kappa shape index (κ1) is 13.5. The number of hydrogen-bond donors (Lipinski definition) is 2. The molecule has 0 unspecified atom stereocenters. The van der Waals surface area contributed by atoms with Gasteiger partial charge in [-0.1, -0.05) is 16.9 Å². The number of nitrogens with one attached hydrogen (secondary N) is 1. The van der Waals surface area contributed by atoms with Gasteiger partial charge in [-0.2, -0.15) is 0 Å². The van der Waals surface area contributed by atoms with Crippen LogP contribution in [0.1, 0.15) is 18.2 Å². The van der Waals surface area contributed by atoms with E-state index in [2.05, 4.69) is 4.98 Å². The molecule has 1 N–H and O–H groups in total. The first-order valence-corrected chi connectivity index (χ1v) is 9.46. The third-order valence-corrected chi connectivity index (χ3v) is 6.78. The second-order valence-corrected chi connectivity index (χ2v) is 8.70. The van der Waals surface area contributed by atoms with Gasteiger partial charge in [0.05, 0.1) is 0 Å².